The summed E-state index contributed by atoms with van der Waals surface area (Å²) in [4.78, 5) is 5.48. The second-order valence-electron chi connectivity index (χ2n) is 29.4. The van der Waals surface area contributed by atoms with E-state index in [1.165, 1.54) is 138 Å². The Hall–Kier alpha value is -5.22. The Balaban J connectivity index is 1.27. The molecule has 5 aliphatic rings. The topological polar surface area (TPSA) is 19.6 Å². The predicted molar refractivity (Wildman–Crippen MR) is 311 cm³/mol. The van der Waals surface area contributed by atoms with Crippen LogP contribution in [0.2, 0.25) is 0 Å². The molecule has 7 aromatic rings. The zero-order valence-electron chi connectivity index (χ0n) is 47.3. The Morgan fingerprint density at radius 2 is 0.875 bits per heavy atom. The zero-order valence-corrected chi connectivity index (χ0v) is 47.3. The van der Waals surface area contributed by atoms with Crippen molar-refractivity contribution in [1.29, 1.82) is 0 Å². The quantitative estimate of drug-likeness (QED) is 0.161. The number of nitrogens with zero attached hydrogens (tertiary/aromatic N) is 2. The number of para-hydroxylation sites is 1. The van der Waals surface area contributed by atoms with Crippen molar-refractivity contribution in [3.63, 3.8) is 0 Å². The summed E-state index contributed by atoms with van der Waals surface area (Å²) >= 11 is 0. The van der Waals surface area contributed by atoms with Gasteiger partial charge in [0.1, 0.15) is 11.2 Å². The molecule has 3 aliphatic carbocycles. The molecule has 12 rings (SSSR count). The molecule has 0 N–H and O–H groups in total. The maximum Gasteiger partial charge on any atom is 0.252 e. The van der Waals surface area contributed by atoms with E-state index in [-0.39, 0.29) is 50.0 Å². The zero-order chi connectivity index (χ0) is 51.4. The number of rotatable bonds is 2. The van der Waals surface area contributed by atoms with Crippen LogP contribution in [0, 0.1) is 0 Å². The van der Waals surface area contributed by atoms with Crippen molar-refractivity contribution < 1.29 is 4.42 Å². The fourth-order valence-electron chi connectivity index (χ4n) is 14.5. The summed E-state index contributed by atoms with van der Waals surface area (Å²) in [5.74, 6) is 0. The molecule has 6 aromatic carbocycles. The van der Waals surface area contributed by atoms with Gasteiger partial charge in [-0.05, 0) is 192 Å². The summed E-state index contributed by atoms with van der Waals surface area (Å²) in [6.45, 7) is 44.3. The molecular weight excluding hydrogens is 872 g/mol. The van der Waals surface area contributed by atoms with Crippen molar-refractivity contribution in [3.8, 4) is 0 Å². The molecule has 2 aliphatic heterocycles. The lowest BCUT2D eigenvalue weighted by Gasteiger charge is -2.50. The van der Waals surface area contributed by atoms with E-state index in [1.807, 2.05) is 0 Å². The smallest absolute Gasteiger partial charge is 0.252 e. The van der Waals surface area contributed by atoms with Gasteiger partial charge in [-0.3, -0.25) is 0 Å². The Kier molecular flexibility index (Phi) is 9.79. The van der Waals surface area contributed by atoms with Gasteiger partial charge in [0.25, 0.3) is 6.71 Å². The van der Waals surface area contributed by atoms with Gasteiger partial charge in [0.15, 0.2) is 0 Å². The highest BCUT2D eigenvalue weighted by molar-refractivity contribution is 7.00. The van der Waals surface area contributed by atoms with Gasteiger partial charge >= 0.3 is 0 Å². The Morgan fingerprint density at radius 1 is 0.417 bits per heavy atom. The van der Waals surface area contributed by atoms with Crippen LogP contribution in [0.3, 0.4) is 0 Å². The molecule has 0 atom stereocenters. The van der Waals surface area contributed by atoms with Crippen LogP contribution in [0.25, 0.3) is 21.9 Å². The first-order chi connectivity index (χ1) is 33.4. The fourth-order valence-corrected chi connectivity index (χ4v) is 14.5. The highest BCUT2D eigenvalue weighted by atomic mass is 16.3. The van der Waals surface area contributed by atoms with Gasteiger partial charge in [-0.2, -0.15) is 0 Å². The first-order valence-corrected chi connectivity index (χ1v) is 27.7. The first kappa shape index (κ1) is 47.8. The van der Waals surface area contributed by atoms with Crippen LogP contribution in [-0.4, -0.2) is 6.71 Å². The normalized spacial score (nSPS) is 20.6. The summed E-state index contributed by atoms with van der Waals surface area (Å²) in [5, 5.41) is 2.36. The lowest BCUT2D eigenvalue weighted by molar-refractivity contribution is 0.332. The van der Waals surface area contributed by atoms with E-state index in [4.69, 9.17) is 4.42 Å². The lowest BCUT2D eigenvalue weighted by Crippen LogP contribution is -2.62. The molecule has 72 heavy (non-hydrogen) atoms. The standard InChI is InChI=1S/C68H81BN2O/c1-61(2,3)40-33-55-59-56(34-40)71(52-26-24-43-42-21-19-20-22-57(42)72-60(43)58(52)62(4,5)6)54-39-49-47(66(13,14)30-32-68(49,17)18)37-51(54)69(59)50-36-46-48(67(15,16)31-29-65(46,11)12)38-53(50)70(55)41-23-25-44-45(35-41)64(9,10)28-27-63(44,7)8/h19-26,33-39H,27-32H2,1-18H3. The van der Waals surface area contributed by atoms with E-state index in [9.17, 15) is 0 Å². The molecule has 3 heterocycles. The molecule has 0 saturated heterocycles. The van der Waals surface area contributed by atoms with Crippen molar-refractivity contribution in [2.24, 2.45) is 0 Å². The highest BCUT2D eigenvalue weighted by Crippen LogP contribution is 2.56. The van der Waals surface area contributed by atoms with Gasteiger partial charge < -0.3 is 14.2 Å². The van der Waals surface area contributed by atoms with Gasteiger partial charge in [-0.25, -0.2) is 0 Å². The van der Waals surface area contributed by atoms with E-state index < -0.39 is 0 Å². The van der Waals surface area contributed by atoms with Crippen LogP contribution in [0.4, 0.5) is 34.1 Å². The van der Waals surface area contributed by atoms with Crippen LogP contribution in [0.1, 0.15) is 208 Å². The van der Waals surface area contributed by atoms with Gasteiger partial charge in [-0.1, -0.05) is 161 Å². The first-order valence-electron chi connectivity index (χ1n) is 27.7. The van der Waals surface area contributed by atoms with E-state index >= 15 is 0 Å². The molecule has 3 nitrogen and oxygen atoms in total. The van der Waals surface area contributed by atoms with Crippen molar-refractivity contribution in [2.45, 2.75) is 206 Å². The number of hydrogen-bond donors (Lipinski definition) is 0. The molecule has 0 amide bonds. The average Bonchev–Trinajstić information content (AvgIpc) is 3.67. The molecule has 0 saturated carbocycles. The Morgan fingerprint density at radius 3 is 1.39 bits per heavy atom. The number of hydrogen-bond acceptors (Lipinski definition) is 3. The maximum atomic E-state index is 7.08. The van der Waals surface area contributed by atoms with Gasteiger partial charge in [0, 0.05) is 44.8 Å². The van der Waals surface area contributed by atoms with E-state index in [2.05, 4.69) is 225 Å². The molecule has 0 radical (unpaired) electrons. The fraction of sp³-hybridized carbons (Fsp3) is 0.471. The largest absolute Gasteiger partial charge is 0.456 e. The third kappa shape index (κ3) is 6.81. The third-order valence-electron chi connectivity index (χ3n) is 19.5. The van der Waals surface area contributed by atoms with E-state index in [1.54, 1.807) is 0 Å². The summed E-state index contributed by atoms with van der Waals surface area (Å²) in [7, 11) is 0. The summed E-state index contributed by atoms with van der Waals surface area (Å²) in [5.41, 5.74) is 25.5. The SMILES string of the molecule is CC(C)(C)c1cc2c3c(c1)N(c1ccc4c(oc5ccccc54)c1C(C)(C)C)c1cc4c(cc1B3c1cc3c(cc1N2c1ccc2c(c1)C(C)(C)CCC2(C)C)C(C)(C)CCC3(C)C)C(C)(C)CCC4(C)C. The third-order valence-corrected chi connectivity index (χ3v) is 19.5. The van der Waals surface area contributed by atoms with Crippen LogP contribution >= 0.6 is 0 Å². The Bertz CT molecular complexity index is 3460. The summed E-state index contributed by atoms with van der Waals surface area (Å²) in [6, 6.07) is 37.1. The minimum atomic E-state index is -0.253. The minimum Gasteiger partial charge on any atom is -0.456 e. The summed E-state index contributed by atoms with van der Waals surface area (Å²) in [6.07, 6.45) is 7.05. The van der Waals surface area contributed by atoms with Crippen LogP contribution < -0.4 is 26.2 Å². The van der Waals surface area contributed by atoms with Crippen LogP contribution in [0.15, 0.2) is 95.4 Å². The number of fused-ring (bicyclic) bond motifs is 10. The predicted octanol–water partition coefficient (Wildman–Crippen LogP) is 17.3. The second kappa shape index (κ2) is 14.8. The van der Waals surface area contributed by atoms with Crippen molar-refractivity contribution >= 4 is 79.2 Å². The molecule has 1 aromatic heterocycles. The average molecular weight is 953 g/mol. The lowest BCUT2D eigenvalue weighted by atomic mass is 9.32. The van der Waals surface area contributed by atoms with E-state index in [0.29, 0.717) is 0 Å². The maximum absolute atomic E-state index is 7.08. The number of furan rings is 1. The highest BCUT2D eigenvalue weighted by Gasteiger charge is 2.50. The molecule has 0 spiro atoms. The number of benzene rings is 6. The molecule has 4 heteroatoms. The van der Waals surface area contributed by atoms with Gasteiger partial charge in [0.2, 0.25) is 0 Å². The Labute approximate surface area is 433 Å². The second-order valence-corrected chi connectivity index (χ2v) is 29.4. The van der Waals surface area contributed by atoms with Crippen LogP contribution in [0.5, 0.6) is 0 Å². The summed E-state index contributed by atoms with van der Waals surface area (Å²) < 4.78 is 7.08. The molecule has 0 fully saturated rings. The van der Waals surface area contributed by atoms with Crippen LogP contribution in [-0.2, 0) is 43.3 Å². The molecule has 0 bridgehead atoms. The van der Waals surface area contributed by atoms with Gasteiger partial charge in [0.05, 0.1) is 5.69 Å². The van der Waals surface area contributed by atoms with Crippen molar-refractivity contribution in [1.82, 2.24) is 0 Å². The number of anilines is 6. The van der Waals surface area contributed by atoms with Crippen molar-refractivity contribution in [2.75, 3.05) is 9.80 Å². The van der Waals surface area contributed by atoms with Gasteiger partial charge in [-0.15, -0.1) is 0 Å². The molecule has 372 valence electrons. The minimum absolute atomic E-state index is 0.0137. The van der Waals surface area contributed by atoms with Crippen molar-refractivity contribution in [3.05, 3.63) is 136 Å². The molecular formula is C68H81BN2O. The molecule has 0 unspecified atom stereocenters. The monoisotopic (exact) mass is 953 g/mol. The van der Waals surface area contributed by atoms with E-state index in [0.717, 1.165) is 17.6 Å².